The third-order valence-corrected chi connectivity index (χ3v) is 3.41. The first-order chi connectivity index (χ1) is 10.2. The van der Waals surface area contributed by atoms with E-state index in [0.717, 1.165) is 27.8 Å². The standard InChI is InChI=1S/C18H17NO2/c1-13(20)15-4-2-6-17(11-15)21-12-14-7-8-18-16(10-14)5-3-9-19-18/h2-11,13,20H,12H2,1H3/t13-/m1/s1. The van der Waals surface area contributed by atoms with Gasteiger partial charge in [-0.15, -0.1) is 0 Å². The molecule has 2 aromatic carbocycles. The van der Waals surface area contributed by atoms with Crippen LogP contribution in [0.2, 0.25) is 0 Å². The van der Waals surface area contributed by atoms with Gasteiger partial charge in [-0.25, -0.2) is 0 Å². The van der Waals surface area contributed by atoms with Crippen molar-refractivity contribution in [3.8, 4) is 5.75 Å². The summed E-state index contributed by atoms with van der Waals surface area (Å²) in [6.45, 7) is 2.24. The summed E-state index contributed by atoms with van der Waals surface area (Å²) in [6.07, 6.45) is 1.31. The molecule has 1 aromatic heterocycles. The molecule has 0 aliphatic rings. The van der Waals surface area contributed by atoms with Crippen LogP contribution in [0.1, 0.15) is 24.2 Å². The average Bonchev–Trinajstić information content (AvgIpc) is 2.53. The van der Waals surface area contributed by atoms with Gasteiger partial charge in [-0.2, -0.15) is 0 Å². The number of aliphatic hydroxyl groups is 1. The Labute approximate surface area is 123 Å². The fourth-order valence-corrected chi connectivity index (χ4v) is 2.25. The quantitative estimate of drug-likeness (QED) is 0.788. The zero-order valence-corrected chi connectivity index (χ0v) is 11.9. The summed E-state index contributed by atoms with van der Waals surface area (Å²) in [5.74, 6) is 0.764. The van der Waals surface area contributed by atoms with Crippen LogP contribution in [-0.2, 0) is 6.61 Å². The first-order valence-corrected chi connectivity index (χ1v) is 6.97. The molecule has 0 unspecified atom stereocenters. The highest BCUT2D eigenvalue weighted by atomic mass is 16.5. The van der Waals surface area contributed by atoms with Gasteiger partial charge in [-0.05, 0) is 48.4 Å². The van der Waals surface area contributed by atoms with Crippen molar-refractivity contribution in [2.75, 3.05) is 0 Å². The molecule has 106 valence electrons. The molecular weight excluding hydrogens is 262 g/mol. The lowest BCUT2D eigenvalue weighted by Crippen LogP contribution is -1.97. The van der Waals surface area contributed by atoms with Gasteiger partial charge in [0.25, 0.3) is 0 Å². The molecular formula is C18H17NO2. The molecule has 0 aliphatic carbocycles. The van der Waals surface area contributed by atoms with Crippen molar-refractivity contribution < 1.29 is 9.84 Å². The van der Waals surface area contributed by atoms with Gasteiger partial charge in [0.1, 0.15) is 12.4 Å². The van der Waals surface area contributed by atoms with Crippen molar-refractivity contribution >= 4 is 10.9 Å². The minimum absolute atomic E-state index is 0.486. The van der Waals surface area contributed by atoms with Crippen molar-refractivity contribution in [2.24, 2.45) is 0 Å². The van der Waals surface area contributed by atoms with Crippen LogP contribution < -0.4 is 4.74 Å². The molecule has 3 heteroatoms. The van der Waals surface area contributed by atoms with E-state index in [4.69, 9.17) is 4.74 Å². The molecule has 0 saturated carbocycles. The Morgan fingerprint density at radius 1 is 1.10 bits per heavy atom. The summed E-state index contributed by atoms with van der Waals surface area (Å²) in [4.78, 5) is 4.30. The molecule has 3 rings (SSSR count). The summed E-state index contributed by atoms with van der Waals surface area (Å²) in [6, 6.07) is 17.6. The number of ether oxygens (including phenoxy) is 1. The molecule has 0 radical (unpaired) electrons. The lowest BCUT2D eigenvalue weighted by atomic mass is 10.1. The molecule has 0 amide bonds. The minimum Gasteiger partial charge on any atom is -0.489 e. The van der Waals surface area contributed by atoms with Crippen LogP contribution >= 0.6 is 0 Å². The third kappa shape index (κ3) is 3.20. The Morgan fingerprint density at radius 2 is 2.00 bits per heavy atom. The molecule has 0 aliphatic heterocycles. The van der Waals surface area contributed by atoms with Gasteiger partial charge < -0.3 is 9.84 Å². The van der Waals surface area contributed by atoms with Crippen molar-refractivity contribution in [3.63, 3.8) is 0 Å². The van der Waals surface area contributed by atoms with E-state index in [9.17, 15) is 5.11 Å². The van der Waals surface area contributed by atoms with Crippen LogP contribution in [0.5, 0.6) is 5.75 Å². The number of nitrogens with zero attached hydrogens (tertiary/aromatic N) is 1. The summed E-state index contributed by atoms with van der Waals surface area (Å²) >= 11 is 0. The topological polar surface area (TPSA) is 42.4 Å². The summed E-state index contributed by atoms with van der Waals surface area (Å²) < 4.78 is 5.80. The molecule has 1 N–H and O–H groups in total. The van der Waals surface area contributed by atoms with E-state index in [1.165, 1.54) is 0 Å². The maximum absolute atomic E-state index is 9.59. The van der Waals surface area contributed by atoms with Crippen molar-refractivity contribution in [3.05, 3.63) is 71.9 Å². The van der Waals surface area contributed by atoms with Crippen LogP contribution in [0.4, 0.5) is 0 Å². The second-order valence-corrected chi connectivity index (χ2v) is 5.07. The lowest BCUT2D eigenvalue weighted by molar-refractivity contribution is 0.198. The van der Waals surface area contributed by atoms with E-state index in [2.05, 4.69) is 11.1 Å². The molecule has 21 heavy (non-hydrogen) atoms. The third-order valence-electron chi connectivity index (χ3n) is 3.41. The van der Waals surface area contributed by atoms with Crippen LogP contribution in [-0.4, -0.2) is 10.1 Å². The average molecular weight is 279 g/mol. The van der Waals surface area contributed by atoms with Gasteiger partial charge in [-0.1, -0.05) is 24.3 Å². The summed E-state index contributed by atoms with van der Waals surface area (Å²) in [7, 11) is 0. The number of pyridine rings is 1. The molecule has 3 nitrogen and oxygen atoms in total. The Hall–Kier alpha value is -2.39. The van der Waals surface area contributed by atoms with Crippen LogP contribution in [0.25, 0.3) is 10.9 Å². The minimum atomic E-state index is -0.486. The molecule has 0 saturated heterocycles. The largest absolute Gasteiger partial charge is 0.489 e. The number of hydrogen-bond acceptors (Lipinski definition) is 3. The van der Waals surface area contributed by atoms with Crippen molar-refractivity contribution in [1.82, 2.24) is 4.98 Å². The molecule has 0 spiro atoms. The Balaban J connectivity index is 1.75. The molecule has 1 atom stereocenters. The molecule has 0 fully saturated rings. The number of hydrogen-bond donors (Lipinski definition) is 1. The second-order valence-electron chi connectivity index (χ2n) is 5.07. The normalized spacial score (nSPS) is 12.3. The Morgan fingerprint density at radius 3 is 2.86 bits per heavy atom. The van der Waals surface area contributed by atoms with Gasteiger partial charge in [0.2, 0.25) is 0 Å². The number of benzene rings is 2. The summed E-state index contributed by atoms with van der Waals surface area (Å²) in [5, 5.41) is 10.7. The maximum atomic E-state index is 9.59. The lowest BCUT2D eigenvalue weighted by Gasteiger charge is -2.10. The highest BCUT2D eigenvalue weighted by Gasteiger charge is 2.03. The van der Waals surface area contributed by atoms with E-state index in [1.807, 2.05) is 48.5 Å². The number of aromatic nitrogens is 1. The van der Waals surface area contributed by atoms with E-state index in [1.54, 1.807) is 13.1 Å². The predicted octanol–water partition coefficient (Wildman–Crippen LogP) is 3.87. The Kier molecular flexibility index (Phi) is 3.84. The molecule has 0 bridgehead atoms. The van der Waals surface area contributed by atoms with Crippen molar-refractivity contribution in [2.45, 2.75) is 19.6 Å². The smallest absolute Gasteiger partial charge is 0.120 e. The zero-order valence-electron chi connectivity index (χ0n) is 11.9. The number of fused-ring (bicyclic) bond motifs is 1. The van der Waals surface area contributed by atoms with E-state index in [0.29, 0.717) is 6.61 Å². The van der Waals surface area contributed by atoms with Gasteiger partial charge >= 0.3 is 0 Å². The Bertz CT molecular complexity index is 753. The fraction of sp³-hybridized carbons (Fsp3) is 0.167. The highest BCUT2D eigenvalue weighted by Crippen LogP contribution is 2.20. The zero-order chi connectivity index (χ0) is 14.7. The monoisotopic (exact) mass is 279 g/mol. The van der Waals surface area contributed by atoms with Gasteiger partial charge in [0, 0.05) is 11.6 Å². The van der Waals surface area contributed by atoms with E-state index < -0.39 is 6.10 Å². The number of aliphatic hydroxyl groups excluding tert-OH is 1. The maximum Gasteiger partial charge on any atom is 0.120 e. The predicted molar refractivity (Wildman–Crippen MR) is 83.2 cm³/mol. The van der Waals surface area contributed by atoms with Crippen molar-refractivity contribution in [1.29, 1.82) is 0 Å². The van der Waals surface area contributed by atoms with E-state index >= 15 is 0 Å². The molecule has 3 aromatic rings. The van der Waals surface area contributed by atoms with E-state index in [-0.39, 0.29) is 0 Å². The van der Waals surface area contributed by atoms with Gasteiger partial charge in [0.15, 0.2) is 0 Å². The number of rotatable bonds is 4. The van der Waals surface area contributed by atoms with Crippen LogP contribution in [0, 0.1) is 0 Å². The second kappa shape index (κ2) is 5.94. The SMILES string of the molecule is C[C@@H](O)c1cccc(OCc2ccc3ncccc3c2)c1. The first-order valence-electron chi connectivity index (χ1n) is 6.97. The first kappa shape index (κ1) is 13.6. The molecule has 1 heterocycles. The summed E-state index contributed by atoms with van der Waals surface area (Å²) in [5.41, 5.74) is 2.94. The highest BCUT2D eigenvalue weighted by molar-refractivity contribution is 5.78. The van der Waals surface area contributed by atoms with Gasteiger partial charge in [0.05, 0.1) is 11.6 Å². The van der Waals surface area contributed by atoms with Crippen LogP contribution in [0.3, 0.4) is 0 Å². The fourth-order valence-electron chi connectivity index (χ4n) is 2.25. The van der Waals surface area contributed by atoms with Crippen LogP contribution in [0.15, 0.2) is 60.8 Å². The van der Waals surface area contributed by atoms with Gasteiger partial charge in [-0.3, -0.25) is 4.98 Å².